The smallest absolute Gasteiger partial charge is 0.119 e. The van der Waals surface area contributed by atoms with Crippen molar-refractivity contribution in [2.75, 3.05) is 6.61 Å². The molecule has 1 saturated carbocycles. The fourth-order valence-electron chi connectivity index (χ4n) is 1.88. The van der Waals surface area contributed by atoms with Gasteiger partial charge in [0.2, 0.25) is 0 Å². The summed E-state index contributed by atoms with van der Waals surface area (Å²) in [6.07, 6.45) is 5.25. The minimum Gasteiger partial charge on any atom is -0.494 e. The second-order valence-corrected chi connectivity index (χ2v) is 4.96. The van der Waals surface area contributed by atoms with Gasteiger partial charge in [-0.05, 0) is 42.4 Å². The number of hydrogen-bond donors (Lipinski definition) is 0. The third-order valence-electron chi connectivity index (χ3n) is 3.55. The van der Waals surface area contributed by atoms with Gasteiger partial charge in [0, 0.05) is 0 Å². The first-order valence-electron chi connectivity index (χ1n) is 6.52. The van der Waals surface area contributed by atoms with Gasteiger partial charge < -0.3 is 4.74 Å². The number of rotatable bonds is 6. The van der Waals surface area contributed by atoms with Crippen molar-refractivity contribution >= 4 is 0 Å². The highest BCUT2D eigenvalue weighted by Crippen LogP contribution is 2.32. The largest absolute Gasteiger partial charge is 0.494 e. The molecular formula is C15H22O. The monoisotopic (exact) mass is 218 g/mol. The lowest BCUT2D eigenvalue weighted by Gasteiger charge is -2.10. The Kier molecular flexibility index (Phi) is 3.87. The van der Waals surface area contributed by atoms with Crippen LogP contribution < -0.4 is 4.74 Å². The highest BCUT2D eigenvalue weighted by molar-refractivity contribution is 5.29. The maximum atomic E-state index is 5.73. The molecule has 1 aliphatic carbocycles. The summed E-state index contributed by atoms with van der Waals surface area (Å²) in [4.78, 5) is 0. The zero-order valence-electron chi connectivity index (χ0n) is 10.4. The molecule has 0 spiro atoms. The van der Waals surface area contributed by atoms with Crippen molar-refractivity contribution in [2.24, 2.45) is 5.92 Å². The molecule has 0 heterocycles. The van der Waals surface area contributed by atoms with E-state index in [1.54, 1.807) is 0 Å². The van der Waals surface area contributed by atoms with Gasteiger partial charge in [-0.1, -0.05) is 38.8 Å². The molecule has 1 nitrogen and oxygen atoms in total. The van der Waals surface area contributed by atoms with Crippen LogP contribution in [0.1, 0.15) is 51.0 Å². The standard InChI is InChI=1S/C15H22O/c1-3-12(2)14-6-8-15(9-7-14)16-11-10-13-4-5-13/h6-9,12-13H,3-5,10-11H2,1-2H3. The van der Waals surface area contributed by atoms with Crippen LogP contribution in [0.4, 0.5) is 0 Å². The molecule has 1 unspecified atom stereocenters. The van der Waals surface area contributed by atoms with Crippen LogP contribution >= 0.6 is 0 Å². The fourth-order valence-corrected chi connectivity index (χ4v) is 1.88. The number of ether oxygens (including phenoxy) is 1. The van der Waals surface area contributed by atoms with E-state index in [2.05, 4.69) is 38.1 Å². The van der Waals surface area contributed by atoms with Crippen molar-refractivity contribution in [1.29, 1.82) is 0 Å². The molecule has 0 N–H and O–H groups in total. The van der Waals surface area contributed by atoms with Crippen LogP contribution in [0.5, 0.6) is 5.75 Å². The Labute approximate surface area is 98.8 Å². The SMILES string of the molecule is CCC(C)c1ccc(OCCC2CC2)cc1. The second-order valence-electron chi connectivity index (χ2n) is 4.96. The molecule has 0 aromatic heterocycles. The van der Waals surface area contributed by atoms with Crippen molar-refractivity contribution in [1.82, 2.24) is 0 Å². The zero-order valence-corrected chi connectivity index (χ0v) is 10.4. The lowest BCUT2D eigenvalue weighted by atomic mass is 9.99. The maximum Gasteiger partial charge on any atom is 0.119 e. The van der Waals surface area contributed by atoms with E-state index in [0.717, 1.165) is 18.3 Å². The quantitative estimate of drug-likeness (QED) is 0.688. The van der Waals surface area contributed by atoms with Crippen molar-refractivity contribution in [3.63, 3.8) is 0 Å². The first kappa shape index (κ1) is 11.5. The summed E-state index contributed by atoms with van der Waals surface area (Å²) in [7, 11) is 0. The molecule has 1 heteroatoms. The maximum absolute atomic E-state index is 5.73. The Morgan fingerprint density at radius 2 is 1.94 bits per heavy atom. The Hall–Kier alpha value is -0.980. The molecule has 1 fully saturated rings. The minimum absolute atomic E-state index is 0.653. The summed E-state index contributed by atoms with van der Waals surface area (Å²) >= 11 is 0. The van der Waals surface area contributed by atoms with Crippen LogP contribution in [0.2, 0.25) is 0 Å². The Balaban J connectivity index is 1.80. The van der Waals surface area contributed by atoms with Gasteiger partial charge in [0.1, 0.15) is 5.75 Å². The average molecular weight is 218 g/mol. The normalized spacial score (nSPS) is 17.1. The Bertz CT molecular complexity index is 311. The van der Waals surface area contributed by atoms with Gasteiger partial charge in [-0.3, -0.25) is 0 Å². The first-order chi connectivity index (χ1) is 7.79. The molecule has 1 aromatic rings. The average Bonchev–Trinajstić information content (AvgIpc) is 3.13. The van der Waals surface area contributed by atoms with Crippen LogP contribution in [0.25, 0.3) is 0 Å². The van der Waals surface area contributed by atoms with Gasteiger partial charge in [0.05, 0.1) is 6.61 Å². The molecule has 1 aliphatic rings. The summed E-state index contributed by atoms with van der Waals surface area (Å²) in [6.45, 7) is 5.38. The highest BCUT2D eigenvalue weighted by atomic mass is 16.5. The molecule has 0 aliphatic heterocycles. The summed E-state index contributed by atoms with van der Waals surface area (Å²) in [6, 6.07) is 8.60. The molecule has 88 valence electrons. The van der Waals surface area contributed by atoms with E-state index in [-0.39, 0.29) is 0 Å². The van der Waals surface area contributed by atoms with E-state index >= 15 is 0 Å². The predicted octanol–water partition coefficient (Wildman–Crippen LogP) is 4.38. The number of hydrogen-bond acceptors (Lipinski definition) is 1. The molecule has 1 atom stereocenters. The van der Waals surface area contributed by atoms with Crippen LogP contribution in [0.3, 0.4) is 0 Å². The van der Waals surface area contributed by atoms with E-state index in [1.807, 2.05) is 0 Å². The molecule has 0 saturated heterocycles. The highest BCUT2D eigenvalue weighted by Gasteiger charge is 2.20. The van der Waals surface area contributed by atoms with Crippen molar-refractivity contribution in [3.05, 3.63) is 29.8 Å². The van der Waals surface area contributed by atoms with Crippen molar-refractivity contribution < 1.29 is 4.74 Å². The molecule has 0 amide bonds. The van der Waals surface area contributed by atoms with Crippen LogP contribution in [0, 0.1) is 5.92 Å². The van der Waals surface area contributed by atoms with E-state index in [0.29, 0.717) is 5.92 Å². The van der Waals surface area contributed by atoms with E-state index in [9.17, 15) is 0 Å². The van der Waals surface area contributed by atoms with Crippen molar-refractivity contribution in [3.8, 4) is 5.75 Å². The predicted molar refractivity (Wildman–Crippen MR) is 68.0 cm³/mol. The van der Waals surface area contributed by atoms with Gasteiger partial charge in [-0.15, -0.1) is 0 Å². The van der Waals surface area contributed by atoms with Crippen molar-refractivity contribution in [2.45, 2.75) is 45.4 Å². The lowest BCUT2D eigenvalue weighted by molar-refractivity contribution is 0.302. The van der Waals surface area contributed by atoms with Gasteiger partial charge in [0.15, 0.2) is 0 Å². The zero-order chi connectivity index (χ0) is 11.4. The van der Waals surface area contributed by atoms with E-state index in [4.69, 9.17) is 4.74 Å². The first-order valence-corrected chi connectivity index (χ1v) is 6.52. The molecule has 2 rings (SSSR count). The van der Waals surface area contributed by atoms with E-state index in [1.165, 1.54) is 31.2 Å². The summed E-state index contributed by atoms with van der Waals surface area (Å²) < 4.78 is 5.73. The topological polar surface area (TPSA) is 9.23 Å². The second kappa shape index (κ2) is 5.38. The van der Waals surface area contributed by atoms with Crippen LogP contribution in [-0.4, -0.2) is 6.61 Å². The Morgan fingerprint density at radius 1 is 1.25 bits per heavy atom. The summed E-state index contributed by atoms with van der Waals surface area (Å²) in [5.74, 6) is 2.63. The molecule has 0 radical (unpaired) electrons. The van der Waals surface area contributed by atoms with Gasteiger partial charge >= 0.3 is 0 Å². The van der Waals surface area contributed by atoms with Crippen LogP contribution in [-0.2, 0) is 0 Å². The molecule has 1 aromatic carbocycles. The summed E-state index contributed by atoms with van der Waals surface area (Å²) in [5, 5.41) is 0. The summed E-state index contributed by atoms with van der Waals surface area (Å²) in [5.41, 5.74) is 1.41. The van der Waals surface area contributed by atoms with Crippen LogP contribution in [0.15, 0.2) is 24.3 Å². The van der Waals surface area contributed by atoms with Gasteiger partial charge in [-0.2, -0.15) is 0 Å². The molecule has 16 heavy (non-hydrogen) atoms. The lowest BCUT2D eigenvalue weighted by Crippen LogP contribution is -1.98. The van der Waals surface area contributed by atoms with Gasteiger partial charge in [-0.25, -0.2) is 0 Å². The Morgan fingerprint density at radius 3 is 2.50 bits per heavy atom. The minimum atomic E-state index is 0.653. The third kappa shape index (κ3) is 3.26. The van der Waals surface area contributed by atoms with E-state index < -0.39 is 0 Å². The molecule has 0 bridgehead atoms. The fraction of sp³-hybridized carbons (Fsp3) is 0.600. The van der Waals surface area contributed by atoms with Gasteiger partial charge in [0.25, 0.3) is 0 Å². The molecular weight excluding hydrogens is 196 g/mol. The third-order valence-corrected chi connectivity index (χ3v) is 3.55. The number of benzene rings is 1.